The van der Waals surface area contributed by atoms with Gasteiger partial charge < -0.3 is 10.2 Å². The van der Waals surface area contributed by atoms with Crippen molar-refractivity contribution >= 4 is 28.6 Å². The SMILES string of the molecule is Cc1ccc(/C=N\NC(=O)c2sc(N)nc2C)o1. The molecule has 0 aliphatic carbocycles. The minimum Gasteiger partial charge on any atom is -0.460 e. The number of hydrogen-bond donors (Lipinski definition) is 2. The summed E-state index contributed by atoms with van der Waals surface area (Å²) >= 11 is 1.13. The van der Waals surface area contributed by atoms with Gasteiger partial charge in [0.15, 0.2) is 5.13 Å². The maximum Gasteiger partial charge on any atom is 0.283 e. The van der Waals surface area contributed by atoms with Crippen molar-refractivity contribution in [2.75, 3.05) is 5.73 Å². The van der Waals surface area contributed by atoms with Gasteiger partial charge in [0.2, 0.25) is 0 Å². The predicted octanol–water partition coefficient (Wildman–Crippen LogP) is 1.70. The normalized spacial score (nSPS) is 11.0. The lowest BCUT2D eigenvalue weighted by Gasteiger charge is -1.95. The number of thiazole rings is 1. The van der Waals surface area contributed by atoms with E-state index in [1.807, 2.05) is 13.0 Å². The lowest BCUT2D eigenvalue weighted by molar-refractivity contribution is 0.0958. The van der Waals surface area contributed by atoms with Crippen LogP contribution in [0.2, 0.25) is 0 Å². The van der Waals surface area contributed by atoms with Crippen LogP contribution in [0.3, 0.4) is 0 Å². The van der Waals surface area contributed by atoms with Gasteiger partial charge >= 0.3 is 0 Å². The van der Waals surface area contributed by atoms with Crippen molar-refractivity contribution in [2.24, 2.45) is 5.10 Å². The molecule has 2 heterocycles. The minimum atomic E-state index is -0.332. The Morgan fingerprint density at radius 3 is 2.89 bits per heavy atom. The van der Waals surface area contributed by atoms with E-state index in [1.54, 1.807) is 13.0 Å². The highest BCUT2D eigenvalue weighted by Gasteiger charge is 2.13. The molecule has 2 rings (SSSR count). The smallest absolute Gasteiger partial charge is 0.283 e. The fourth-order valence-electron chi connectivity index (χ4n) is 1.36. The van der Waals surface area contributed by atoms with E-state index >= 15 is 0 Å². The van der Waals surface area contributed by atoms with Gasteiger partial charge in [0.25, 0.3) is 5.91 Å². The average molecular weight is 264 g/mol. The number of amides is 1. The Bertz CT molecular complexity index is 600. The molecule has 2 aromatic heterocycles. The van der Waals surface area contributed by atoms with E-state index in [2.05, 4.69) is 15.5 Å². The molecule has 2 aromatic rings. The summed E-state index contributed by atoms with van der Waals surface area (Å²) < 4.78 is 5.27. The Kier molecular flexibility index (Phi) is 3.42. The van der Waals surface area contributed by atoms with Gasteiger partial charge in [-0.2, -0.15) is 5.10 Å². The van der Waals surface area contributed by atoms with Crippen LogP contribution in [0.15, 0.2) is 21.7 Å². The molecule has 0 fully saturated rings. The summed E-state index contributed by atoms with van der Waals surface area (Å²) in [7, 11) is 0. The summed E-state index contributed by atoms with van der Waals surface area (Å²) in [4.78, 5) is 16.2. The van der Waals surface area contributed by atoms with Crippen molar-refractivity contribution in [3.05, 3.63) is 34.2 Å². The van der Waals surface area contributed by atoms with Gasteiger partial charge in [-0.15, -0.1) is 0 Å². The van der Waals surface area contributed by atoms with Gasteiger partial charge in [-0.1, -0.05) is 11.3 Å². The summed E-state index contributed by atoms with van der Waals surface area (Å²) in [6.07, 6.45) is 1.44. The van der Waals surface area contributed by atoms with Crippen molar-refractivity contribution in [3.8, 4) is 0 Å². The number of nitrogens with one attached hydrogen (secondary N) is 1. The second-order valence-electron chi connectivity index (χ2n) is 3.61. The van der Waals surface area contributed by atoms with Crippen LogP contribution < -0.4 is 11.2 Å². The highest BCUT2D eigenvalue weighted by atomic mass is 32.1. The molecule has 7 heteroatoms. The monoisotopic (exact) mass is 264 g/mol. The number of anilines is 1. The number of carbonyl (C=O) groups excluding carboxylic acids is 1. The largest absolute Gasteiger partial charge is 0.460 e. The van der Waals surface area contributed by atoms with E-state index in [4.69, 9.17) is 10.2 Å². The van der Waals surface area contributed by atoms with E-state index in [-0.39, 0.29) is 5.91 Å². The lowest BCUT2D eigenvalue weighted by Crippen LogP contribution is -2.17. The number of nitrogen functional groups attached to an aromatic ring is 1. The Labute approximate surface area is 108 Å². The first kappa shape index (κ1) is 12.3. The molecule has 94 valence electrons. The summed E-state index contributed by atoms with van der Waals surface area (Å²) in [6, 6.07) is 3.58. The molecule has 18 heavy (non-hydrogen) atoms. The number of aromatic nitrogens is 1. The molecule has 0 aliphatic heterocycles. The maximum atomic E-state index is 11.7. The van der Waals surface area contributed by atoms with E-state index < -0.39 is 0 Å². The Morgan fingerprint density at radius 1 is 1.56 bits per heavy atom. The zero-order chi connectivity index (χ0) is 13.1. The number of nitrogens with two attached hydrogens (primary N) is 1. The molecular formula is C11H12N4O2S. The predicted molar refractivity (Wildman–Crippen MR) is 69.8 cm³/mol. The summed E-state index contributed by atoms with van der Waals surface area (Å²) in [5, 5.41) is 4.17. The quantitative estimate of drug-likeness (QED) is 0.651. The van der Waals surface area contributed by atoms with E-state index in [0.29, 0.717) is 21.5 Å². The summed E-state index contributed by atoms with van der Waals surface area (Å²) in [5.74, 6) is 1.03. The first-order chi connectivity index (χ1) is 8.56. The maximum absolute atomic E-state index is 11.7. The lowest BCUT2D eigenvalue weighted by atomic mass is 10.4. The third-order valence-electron chi connectivity index (χ3n) is 2.14. The van der Waals surface area contributed by atoms with Gasteiger partial charge in [0.05, 0.1) is 11.9 Å². The molecule has 0 saturated heterocycles. The fraction of sp³-hybridized carbons (Fsp3) is 0.182. The summed E-state index contributed by atoms with van der Waals surface area (Å²) in [6.45, 7) is 3.56. The van der Waals surface area contributed by atoms with Crippen LogP contribution in [-0.4, -0.2) is 17.1 Å². The van der Waals surface area contributed by atoms with Crippen molar-refractivity contribution < 1.29 is 9.21 Å². The molecule has 0 aliphatic rings. The molecule has 0 saturated carbocycles. The molecule has 6 nitrogen and oxygen atoms in total. The fourth-order valence-corrected chi connectivity index (χ4v) is 2.08. The summed E-state index contributed by atoms with van der Waals surface area (Å²) in [5.41, 5.74) is 8.51. The van der Waals surface area contributed by atoms with Crippen molar-refractivity contribution in [1.29, 1.82) is 0 Å². The second-order valence-corrected chi connectivity index (χ2v) is 4.64. The van der Waals surface area contributed by atoms with Crippen LogP contribution in [0.5, 0.6) is 0 Å². The zero-order valence-corrected chi connectivity index (χ0v) is 10.7. The number of hydrogen-bond acceptors (Lipinski definition) is 6. The molecule has 0 bridgehead atoms. The first-order valence-electron chi connectivity index (χ1n) is 5.19. The Morgan fingerprint density at radius 2 is 2.33 bits per heavy atom. The van der Waals surface area contributed by atoms with Crippen molar-refractivity contribution in [2.45, 2.75) is 13.8 Å². The van der Waals surface area contributed by atoms with Crippen molar-refractivity contribution in [3.63, 3.8) is 0 Å². The third kappa shape index (κ3) is 2.75. The van der Waals surface area contributed by atoms with Gasteiger partial charge in [-0.25, -0.2) is 10.4 Å². The standard InChI is InChI=1S/C11H12N4O2S/c1-6-3-4-8(17-6)5-13-15-10(16)9-7(2)14-11(12)18-9/h3-5H,1-2H3,(H2,12,14)(H,15,16)/b13-5-. The van der Waals surface area contributed by atoms with Crippen LogP contribution >= 0.6 is 11.3 Å². The zero-order valence-electron chi connectivity index (χ0n) is 9.93. The van der Waals surface area contributed by atoms with Crippen LogP contribution in [0.1, 0.15) is 26.9 Å². The van der Waals surface area contributed by atoms with Gasteiger partial charge in [0.1, 0.15) is 16.4 Å². The molecular weight excluding hydrogens is 252 g/mol. The Balaban J connectivity index is 2.00. The molecule has 3 N–H and O–H groups in total. The topological polar surface area (TPSA) is 93.5 Å². The molecule has 0 aromatic carbocycles. The first-order valence-corrected chi connectivity index (χ1v) is 6.00. The second kappa shape index (κ2) is 5.01. The van der Waals surface area contributed by atoms with E-state index in [0.717, 1.165) is 17.1 Å². The highest BCUT2D eigenvalue weighted by Crippen LogP contribution is 2.19. The average Bonchev–Trinajstić information content (AvgIpc) is 2.85. The van der Waals surface area contributed by atoms with Gasteiger partial charge in [0, 0.05) is 0 Å². The number of hydrazone groups is 1. The number of carbonyl (C=O) groups is 1. The van der Waals surface area contributed by atoms with Crippen LogP contribution in [0.4, 0.5) is 5.13 Å². The number of aryl methyl sites for hydroxylation is 2. The van der Waals surface area contributed by atoms with Crippen LogP contribution in [0, 0.1) is 13.8 Å². The minimum absolute atomic E-state index is 0.332. The van der Waals surface area contributed by atoms with Crippen molar-refractivity contribution in [1.82, 2.24) is 10.4 Å². The van der Waals surface area contributed by atoms with Crippen LogP contribution in [0.25, 0.3) is 0 Å². The highest BCUT2D eigenvalue weighted by molar-refractivity contribution is 7.17. The van der Waals surface area contributed by atoms with Crippen LogP contribution in [-0.2, 0) is 0 Å². The molecule has 0 radical (unpaired) electrons. The van der Waals surface area contributed by atoms with Gasteiger partial charge in [-0.3, -0.25) is 4.79 Å². The van der Waals surface area contributed by atoms with E-state index in [9.17, 15) is 4.79 Å². The van der Waals surface area contributed by atoms with E-state index in [1.165, 1.54) is 6.21 Å². The molecule has 1 amide bonds. The Hall–Kier alpha value is -2.15. The number of rotatable bonds is 3. The number of nitrogens with zero attached hydrogens (tertiary/aromatic N) is 2. The van der Waals surface area contributed by atoms with Gasteiger partial charge in [-0.05, 0) is 26.0 Å². The molecule has 0 spiro atoms. The molecule has 0 atom stereocenters. The molecule has 0 unspecified atom stereocenters. The number of furan rings is 1. The third-order valence-corrected chi connectivity index (χ3v) is 3.12.